The SMILES string of the molecule is Cc1cc(-c2cccc(-c3ccc(-c4nc(-c5ccccc5)cc(-c5cccc(-c6cccc7ncccc67)c5)n4)cc3)c2)c2ccc3ccc(-c4ccccc4)nc3c2n1. The highest BCUT2D eigenvalue weighted by Gasteiger charge is 2.15. The molecule has 0 N–H and O–H groups in total. The fraction of sp³-hybridized carbons (Fsp3) is 0.0179. The van der Waals surface area contributed by atoms with Crippen LogP contribution in [0.1, 0.15) is 5.69 Å². The first-order valence-electron chi connectivity index (χ1n) is 20.5. The predicted molar refractivity (Wildman–Crippen MR) is 251 cm³/mol. The lowest BCUT2D eigenvalue weighted by molar-refractivity contribution is 1.18. The molecule has 0 atom stereocenters. The maximum Gasteiger partial charge on any atom is 0.160 e. The van der Waals surface area contributed by atoms with Crippen LogP contribution in [0.2, 0.25) is 0 Å². The van der Waals surface area contributed by atoms with Gasteiger partial charge in [-0.2, -0.15) is 0 Å². The van der Waals surface area contributed by atoms with Gasteiger partial charge in [0, 0.05) is 50.3 Å². The highest BCUT2D eigenvalue weighted by Crippen LogP contribution is 2.37. The minimum Gasteiger partial charge on any atom is -0.256 e. The van der Waals surface area contributed by atoms with Crippen LogP contribution in [-0.2, 0) is 0 Å². The maximum absolute atomic E-state index is 5.20. The van der Waals surface area contributed by atoms with E-state index in [2.05, 4.69) is 170 Å². The lowest BCUT2D eigenvalue weighted by Crippen LogP contribution is -1.96. The summed E-state index contributed by atoms with van der Waals surface area (Å²) in [7, 11) is 0. The van der Waals surface area contributed by atoms with E-state index < -0.39 is 0 Å². The Bertz CT molecular complexity index is 3410. The van der Waals surface area contributed by atoms with Crippen LogP contribution < -0.4 is 0 Å². The van der Waals surface area contributed by atoms with Crippen LogP contribution in [0.3, 0.4) is 0 Å². The molecular weight excluding hydrogens is 743 g/mol. The molecule has 0 unspecified atom stereocenters. The molecule has 0 spiro atoms. The van der Waals surface area contributed by atoms with Crippen LogP contribution in [0.4, 0.5) is 0 Å². The lowest BCUT2D eigenvalue weighted by atomic mass is 9.95. The van der Waals surface area contributed by atoms with Crippen molar-refractivity contribution in [3.63, 3.8) is 0 Å². The molecule has 0 aliphatic heterocycles. The first-order chi connectivity index (χ1) is 30.1. The summed E-state index contributed by atoms with van der Waals surface area (Å²) in [5.74, 6) is 0.673. The minimum atomic E-state index is 0.673. The zero-order valence-corrected chi connectivity index (χ0v) is 33.4. The number of aromatic nitrogens is 5. The van der Waals surface area contributed by atoms with Gasteiger partial charge in [0.2, 0.25) is 0 Å². The Labute approximate surface area is 353 Å². The first kappa shape index (κ1) is 36.0. The van der Waals surface area contributed by atoms with Gasteiger partial charge >= 0.3 is 0 Å². The average molecular weight is 780 g/mol. The summed E-state index contributed by atoms with van der Waals surface area (Å²) in [6.07, 6.45) is 1.84. The van der Waals surface area contributed by atoms with Crippen molar-refractivity contribution in [2.75, 3.05) is 0 Å². The summed E-state index contributed by atoms with van der Waals surface area (Å²) in [5.41, 5.74) is 17.2. The molecule has 11 aromatic rings. The van der Waals surface area contributed by atoms with E-state index >= 15 is 0 Å². The van der Waals surface area contributed by atoms with Crippen molar-refractivity contribution >= 4 is 32.7 Å². The Morgan fingerprint density at radius 3 is 1.74 bits per heavy atom. The summed E-state index contributed by atoms with van der Waals surface area (Å²) in [6.45, 7) is 2.06. The smallest absolute Gasteiger partial charge is 0.160 e. The summed E-state index contributed by atoms with van der Waals surface area (Å²) < 4.78 is 0. The molecule has 11 rings (SSSR count). The molecule has 0 amide bonds. The number of aryl methyl sites for hydroxylation is 1. The standard InChI is InChI=1S/C56H37N5/c1-36-32-49(48-29-27-40-28-30-50(38-12-4-2-5-13-38)59-54(40)55(48)58-36)44-18-8-16-42(33-44)37-23-25-41(26-24-37)56-60-52(39-14-6-3-7-15-39)35-53(61-56)45-19-9-17-43(34-45)46-20-10-22-51-47(46)21-11-31-57-51/h2-35H,1H3. The summed E-state index contributed by atoms with van der Waals surface area (Å²) in [6, 6.07) is 69.8. The Balaban J connectivity index is 0.957. The molecule has 4 aromatic heterocycles. The Hall–Kier alpha value is -8.15. The largest absolute Gasteiger partial charge is 0.256 e. The second-order valence-corrected chi connectivity index (χ2v) is 15.3. The van der Waals surface area contributed by atoms with Crippen LogP contribution in [-0.4, -0.2) is 24.9 Å². The minimum absolute atomic E-state index is 0.673. The van der Waals surface area contributed by atoms with Crippen molar-refractivity contribution in [2.24, 2.45) is 0 Å². The molecule has 0 saturated carbocycles. The van der Waals surface area contributed by atoms with Gasteiger partial charge < -0.3 is 0 Å². The van der Waals surface area contributed by atoms with Gasteiger partial charge in [0.25, 0.3) is 0 Å². The van der Waals surface area contributed by atoms with Gasteiger partial charge in [0.05, 0.1) is 33.6 Å². The van der Waals surface area contributed by atoms with Gasteiger partial charge in [-0.3, -0.25) is 9.97 Å². The number of benzene rings is 7. The lowest BCUT2D eigenvalue weighted by Gasteiger charge is -2.13. The Morgan fingerprint density at radius 2 is 0.951 bits per heavy atom. The molecule has 5 heteroatoms. The zero-order chi connectivity index (χ0) is 40.7. The van der Waals surface area contributed by atoms with Crippen molar-refractivity contribution < 1.29 is 0 Å². The van der Waals surface area contributed by atoms with E-state index in [1.54, 1.807) is 0 Å². The fourth-order valence-electron chi connectivity index (χ4n) is 8.37. The predicted octanol–water partition coefficient (Wildman–Crippen LogP) is 14.1. The third kappa shape index (κ3) is 6.88. The fourth-order valence-corrected chi connectivity index (χ4v) is 8.37. The molecule has 7 aromatic carbocycles. The van der Waals surface area contributed by atoms with E-state index in [9.17, 15) is 0 Å². The van der Waals surface area contributed by atoms with Gasteiger partial charge in [0.15, 0.2) is 5.82 Å². The second kappa shape index (κ2) is 15.2. The molecule has 4 heterocycles. The summed E-state index contributed by atoms with van der Waals surface area (Å²) in [5, 5.41) is 3.27. The molecule has 0 bridgehead atoms. The molecule has 286 valence electrons. The Kier molecular flexibility index (Phi) is 8.98. The van der Waals surface area contributed by atoms with E-state index in [4.69, 9.17) is 19.9 Å². The van der Waals surface area contributed by atoms with Gasteiger partial charge in [-0.05, 0) is 82.8 Å². The van der Waals surface area contributed by atoms with E-state index in [1.807, 2.05) is 48.7 Å². The van der Waals surface area contributed by atoms with Crippen LogP contribution in [0.15, 0.2) is 206 Å². The van der Waals surface area contributed by atoms with Gasteiger partial charge in [-0.15, -0.1) is 0 Å². The average Bonchev–Trinajstić information content (AvgIpc) is 3.34. The maximum atomic E-state index is 5.20. The summed E-state index contributed by atoms with van der Waals surface area (Å²) >= 11 is 0. The van der Waals surface area contributed by atoms with Gasteiger partial charge in [0.1, 0.15) is 0 Å². The molecule has 0 aliphatic rings. The molecule has 5 nitrogen and oxygen atoms in total. The highest BCUT2D eigenvalue weighted by molar-refractivity contribution is 6.09. The molecular formula is C56H37N5. The van der Waals surface area contributed by atoms with Crippen molar-refractivity contribution in [3.8, 4) is 78.5 Å². The van der Waals surface area contributed by atoms with E-state index in [-0.39, 0.29) is 0 Å². The molecule has 61 heavy (non-hydrogen) atoms. The van der Waals surface area contributed by atoms with E-state index in [0.717, 1.165) is 111 Å². The molecule has 0 saturated heterocycles. The number of hydrogen-bond donors (Lipinski definition) is 0. The number of hydrogen-bond acceptors (Lipinski definition) is 5. The van der Waals surface area contributed by atoms with Gasteiger partial charge in [-0.25, -0.2) is 15.0 Å². The van der Waals surface area contributed by atoms with Crippen LogP contribution in [0, 0.1) is 6.92 Å². The van der Waals surface area contributed by atoms with Gasteiger partial charge in [-0.1, -0.05) is 158 Å². The van der Waals surface area contributed by atoms with Crippen molar-refractivity contribution in [1.82, 2.24) is 24.9 Å². The van der Waals surface area contributed by atoms with Crippen LogP contribution in [0.5, 0.6) is 0 Å². The highest BCUT2D eigenvalue weighted by atomic mass is 14.9. The second-order valence-electron chi connectivity index (χ2n) is 15.3. The third-order valence-corrected chi connectivity index (χ3v) is 11.4. The van der Waals surface area contributed by atoms with E-state index in [0.29, 0.717) is 5.82 Å². The quantitative estimate of drug-likeness (QED) is 0.151. The van der Waals surface area contributed by atoms with Crippen molar-refractivity contribution in [1.29, 1.82) is 0 Å². The zero-order valence-electron chi connectivity index (χ0n) is 33.4. The number of pyridine rings is 3. The molecule has 0 fully saturated rings. The number of rotatable bonds is 7. The van der Waals surface area contributed by atoms with Crippen LogP contribution >= 0.6 is 0 Å². The first-order valence-corrected chi connectivity index (χ1v) is 20.5. The molecule has 0 aliphatic carbocycles. The Morgan fingerprint density at radius 1 is 0.328 bits per heavy atom. The van der Waals surface area contributed by atoms with Crippen molar-refractivity contribution in [3.05, 3.63) is 212 Å². The summed E-state index contributed by atoms with van der Waals surface area (Å²) in [4.78, 5) is 25.1. The topological polar surface area (TPSA) is 64.5 Å². The van der Waals surface area contributed by atoms with Crippen molar-refractivity contribution in [2.45, 2.75) is 6.92 Å². The number of fused-ring (bicyclic) bond motifs is 4. The van der Waals surface area contributed by atoms with Crippen LogP contribution in [0.25, 0.3) is 111 Å². The monoisotopic (exact) mass is 779 g/mol. The molecule has 0 radical (unpaired) electrons. The normalized spacial score (nSPS) is 11.4. The van der Waals surface area contributed by atoms with E-state index in [1.165, 1.54) is 0 Å². The third-order valence-electron chi connectivity index (χ3n) is 11.4. The number of nitrogens with zero attached hydrogens (tertiary/aromatic N) is 5.